The van der Waals surface area contributed by atoms with Gasteiger partial charge in [-0.3, -0.25) is 9.59 Å². The Bertz CT molecular complexity index is 749. The van der Waals surface area contributed by atoms with Crippen LogP contribution in [0.5, 0.6) is 0 Å². The number of hydrogen-bond donors (Lipinski definition) is 1. The van der Waals surface area contributed by atoms with Crippen LogP contribution in [0, 0.1) is 36.0 Å². The maximum atomic E-state index is 13.0. The summed E-state index contributed by atoms with van der Waals surface area (Å²) >= 11 is 0. The lowest BCUT2D eigenvalue weighted by Gasteiger charge is -2.59. The number of hydrogen-bond acceptors (Lipinski definition) is 2. The van der Waals surface area contributed by atoms with Crippen molar-refractivity contribution in [1.82, 2.24) is 5.32 Å². The minimum atomic E-state index is -0.231. The van der Waals surface area contributed by atoms with Crippen molar-refractivity contribution in [3.05, 3.63) is 29.8 Å². The van der Waals surface area contributed by atoms with Crippen molar-refractivity contribution in [3.63, 3.8) is 0 Å². The number of nitrogens with one attached hydrogen (secondary N) is 1. The van der Waals surface area contributed by atoms with Gasteiger partial charge in [-0.2, -0.15) is 0 Å². The number of nitrogens with zero attached hydrogens (tertiary/aromatic N) is 1. The first kappa shape index (κ1) is 18.2. The second-order valence-corrected chi connectivity index (χ2v) is 10.3. The molecule has 4 saturated carbocycles. The Morgan fingerprint density at radius 3 is 2.21 bits per heavy atom. The zero-order chi connectivity index (χ0) is 19.5. The highest BCUT2D eigenvalue weighted by molar-refractivity contribution is 6.00. The van der Waals surface area contributed by atoms with Crippen LogP contribution in [0.1, 0.15) is 57.4 Å². The average Bonchev–Trinajstić information content (AvgIpc) is 3.03. The van der Waals surface area contributed by atoms with Crippen molar-refractivity contribution in [2.45, 2.75) is 64.8 Å². The summed E-state index contributed by atoms with van der Waals surface area (Å²) in [5.74, 6) is 2.56. The zero-order valence-electron chi connectivity index (χ0n) is 17.1. The van der Waals surface area contributed by atoms with Crippen molar-refractivity contribution < 1.29 is 9.59 Å². The second-order valence-electron chi connectivity index (χ2n) is 10.3. The number of benzene rings is 1. The van der Waals surface area contributed by atoms with E-state index in [0.717, 1.165) is 23.4 Å². The van der Waals surface area contributed by atoms with Crippen LogP contribution in [0.2, 0.25) is 0 Å². The Morgan fingerprint density at radius 1 is 1.07 bits per heavy atom. The molecule has 0 unspecified atom stereocenters. The number of anilines is 1. The Balaban J connectivity index is 1.25. The molecule has 28 heavy (non-hydrogen) atoms. The van der Waals surface area contributed by atoms with Crippen molar-refractivity contribution >= 4 is 17.5 Å². The van der Waals surface area contributed by atoms with Crippen LogP contribution in [0.4, 0.5) is 5.69 Å². The van der Waals surface area contributed by atoms with E-state index in [1.807, 2.05) is 31.2 Å². The Kier molecular flexibility index (Phi) is 4.29. The van der Waals surface area contributed by atoms with Gasteiger partial charge in [0.1, 0.15) is 0 Å². The topological polar surface area (TPSA) is 49.4 Å². The maximum absolute atomic E-state index is 13.0. The molecule has 1 saturated heterocycles. The first-order valence-electron chi connectivity index (χ1n) is 11.1. The molecule has 0 radical (unpaired) electrons. The maximum Gasteiger partial charge on any atom is 0.227 e. The Morgan fingerprint density at radius 2 is 1.64 bits per heavy atom. The molecular weight excluding hydrogens is 348 g/mol. The summed E-state index contributed by atoms with van der Waals surface area (Å²) in [6.07, 6.45) is 8.46. The first-order chi connectivity index (χ1) is 13.4. The standard InChI is InChI=1S/C24H32N2O2/c1-15-3-5-21(6-4-15)26-14-20(10-22(26)27)23(28)25-16(2)24-11-17-7-18(12-24)9-19(8-17)13-24/h3-6,16-20H,7-14H2,1-2H3,(H,25,28)/t16-,17?,18?,19?,20+,24?/m0/s1. The van der Waals surface area contributed by atoms with Crippen molar-refractivity contribution in [2.75, 3.05) is 11.4 Å². The molecule has 0 aromatic heterocycles. The van der Waals surface area contributed by atoms with E-state index in [1.165, 1.54) is 44.1 Å². The van der Waals surface area contributed by atoms with Gasteiger partial charge in [-0.05, 0) is 87.7 Å². The number of carbonyl (C=O) groups excluding carboxylic acids is 2. The molecule has 1 aromatic carbocycles. The Labute approximate surface area is 168 Å². The lowest BCUT2D eigenvalue weighted by molar-refractivity contribution is -0.130. The molecule has 0 spiro atoms. The average molecular weight is 381 g/mol. The molecule has 1 aromatic rings. The fourth-order valence-corrected chi connectivity index (χ4v) is 7.05. The summed E-state index contributed by atoms with van der Waals surface area (Å²) in [4.78, 5) is 27.3. The van der Waals surface area contributed by atoms with Gasteiger partial charge in [-0.15, -0.1) is 0 Å². The highest BCUT2D eigenvalue weighted by atomic mass is 16.2. The largest absolute Gasteiger partial charge is 0.353 e. The fraction of sp³-hybridized carbons (Fsp3) is 0.667. The van der Waals surface area contributed by atoms with Gasteiger partial charge in [-0.25, -0.2) is 0 Å². The number of amides is 2. The van der Waals surface area contributed by atoms with Gasteiger partial charge in [0.25, 0.3) is 0 Å². The van der Waals surface area contributed by atoms with Gasteiger partial charge in [0.15, 0.2) is 0 Å². The quantitative estimate of drug-likeness (QED) is 0.856. The molecule has 1 aliphatic heterocycles. The Hall–Kier alpha value is -1.84. The molecule has 150 valence electrons. The van der Waals surface area contributed by atoms with E-state index in [2.05, 4.69) is 12.2 Å². The van der Waals surface area contributed by atoms with Gasteiger partial charge < -0.3 is 10.2 Å². The smallest absolute Gasteiger partial charge is 0.227 e. The minimum Gasteiger partial charge on any atom is -0.353 e. The predicted octanol–water partition coefficient (Wildman–Crippen LogP) is 4.07. The molecule has 6 rings (SSSR count). The third-order valence-corrected chi connectivity index (χ3v) is 8.20. The van der Waals surface area contributed by atoms with Crippen LogP contribution in [-0.4, -0.2) is 24.4 Å². The summed E-state index contributed by atoms with van der Waals surface area (Å²) < 4.78 is 0. The van der Waals surface area contributed by atoms with E-state index < -0.39 is 0 Å². The van der Waals surface area contributed by atoms with Crippen LogP contribution < -0.4 is 10.2 Å². The molecule has 1 N–H and O–H groups in total. The van der Waals surface area contributed by atoms with Crippen LogP contribution in [0.25, 0.3) is 0 Å². The van der Waals surface area contributed by atoms with Gasteiger partial charge in [0.2, 0.25) is 11.8 Å². The van der Waals surface area contributed by atoms with E-state index in [1.54, 1.807) is 4.90 Å². The van der Waals surface area contributed by atoms with E-state index >= 15 is 0 Å². The molecule has 4 heteroatoms. The molecule has 4 aliphatic carbocycles. The van der Waals surface area contributed by atoms with Crippen LogP contribution >= 0.6 is 0 Å². The zero-order valence-corrected chi connectivity index (χ0v) is 17.1. The number of rotatable bonds is 4. The van der Waals surface area contributed by atoms with E-state index in [9.17, 15) is 9.59 Å². The molecular formula is C24H32N2O2. The summed E-state index contributed by atoms with van der Waals surface area (Å²) in [7, 11) is 0. The predicted molar refractivity (Wildman–Crippen MR) is 110 cm³/mol. The van der Waals surface area contributed by atoms with Gasteiger partial charge in [0, 0.05) is 24.7 Å². The molecule has 5 fully saturated rings. The molecule has 4 bridgehead atoms. The third-order valence-electron chi connectivity index (χ3n) is 8.20. The molecule has 5 aliphatic rings. The second kappa shape index (κ2) is 6.60. The van der Waals surface area contributed by atoms with Gasteiger partial charge >= 0.3 is 0 Å². The summed E-state index contributed by atoms with van der Waals surface area (Å²) in [6.45, 7) is 4.76. The van der Waals surface area contributed by atoms with Crippen LogP contribution in [0.3, 0.4) is 0 Å². The first-order valence-corrected chi connectivity index (χ1v) is 11.1. The van der Waals surface area contributed by atoms with E-state index in [-0.39, 0.29) is 23.8 Å². The van der Waals surface area contributed by atoms with Crippen molar-refractivity contribution in [2.24, 2.45) is 29.1 Å². The van der Waals surface area contributed by atoms with Gasteiger partial charge in [0.05, 0.1) is 5.92 Å². The molecule has 2 amide bonds. The van der Waals surface area contributed by atoms with Crippen molar-refractivity contribution in [1.29, 1.82) is 0 Å². The van der Waals surface area contributed by atoms with Crippen LogP contribution in [-0.2, 0) is 9.59 Å². The van der Waals surface area contributed by atoms with Crippen LogP contribution in [0.15, 0.2) is 24.3 Å². The van der Waals surface area contributed by atoms with Crippen molar-refractivity contribution in [3.8, 4) is 0 Å². The monoisotopic (exact) mass is 380 g/mol. The van der Waals surface area contributed by atoms with E-state index in [0.29, 0.717) is 18.4 Å². The highest BCUT2D eigenvalue weighted by Crippen LogP contribution is 2.61. The third kappa shape index (κ3) is 3.05. The molecule has 4 nitrogen and oxygen atoms in total. The van der Waals surface area contributed by atoms with E-state index in [4.69, 9.17) is 0 Å². The fourth-order valence-electron chi connectivity index (χ4n) is 7.05. The summed E-state index contributed by atoms with van der Waals surface area (Å²) in [6, 6.07) is 8.21. The summed E-state index contributed by atoms with van der Waals surface area (Å²) in [5.41, 5.74) is 2.39. The summed E-state index contributed by atoms with van der Waals surface area (Å²) in [5, 5.41) is 3.36. The number of carbonyl (C=O) groups is 2. The molecule has 2 atom stereocenters. The number of aryl methyl sites for hydroxylation is 1. The normalized spacial score (nSPS) is 37.4. The molecule has 1 heterocycles. The SMILES string of the molecule is Cc1ccc(N2C[C@H](C(=O)N[C@@H](C)C34CC5CC(CC(C5)C3)C4)CC2=O)cc1. The lowest BCUT2D eigenvalue weighted by atomic mass is 9.48. The lowest BCUT2D eigenvalue weighted by Crippen LogP contribution is -2.56. The minimum absolute atomic E-state index is 0.0615. The van der Waals surface area contributed by atoms with Gasteiger partial charge in [-0.1, -0.05) is 17.7 Å². The highest BCUT2D eigenvalue weighted by Gasteiger charge is 2.53.